The summed E-state index contributed by atoms with van der Waals surface area (Å²) in [5, 5.41) is 7.28. The van der Waals surface area contributed by atoms with E-state index < -0.39 is 5.82 Å². The predicted molar refractivity (Wildman–Crippen MR) is 108 cm³/mol. The predicted octanol–water partition coefficient (Wildman–Crippen LogP) is 3.96. The quantitative estimate of drug-likeness (QED) is 0.551. The van der Waals surface area contributed by atoms with Gasteiger partial charge in [0.2, 0.25) is 5.95 Å². The minimum absolute atomic E-state index is 0.0743. The van der Waals surface area contributed by atoms with Crippen molar-refractivity contribution in [2.75, 3.05) is 12.4 Å². The second-order valence-corrected chi connectivity index (χ2v) is 6.55. The molecule has 0 aliphatic rings. The highest BCUT2D eigenvalue weighted by molar-refractivity contribution is 5.96. The number of hydrogen-bond donors (Lipinski definition) is 1. The van der Waals surface area contributed by atoms with Crippen molar-refractivity contribution in [3.8, 4) is 5.75 Å². The molecule has 7 nitrogen and oxygen atoms in total. The number of carbonyl (C=O) groups excluding carboxylic acids is 1. The fourth-order valence-corrected chi connectivity index (χ4v) is 2.91. The van der Waals surface area contributed by atoms with Crippen LogP contribution in [0.25, 0.3) is 0 Å². The number of aromatic nitrogens is 4. The Labute approximate surface area is 169 Å². The Morgan fingerprint density at radius 3 is 2.55 bits per heavy atom. The van der Waals surface area contributed by atoms with Gasteiger partial charge in [-0.15, -0.1) is 0 Å². The van der Waals surface area contributed by atoms with Crippen LogP contribution in [0.3, 0.4) is 0 Å². The van der Waals surface area contributed by atoms with Crippen molar-refractivity contribution in [3.63, 3.8) is 0 Å². The zero-order valence-electron chi connectivity index (χ0n) is 16.8. The maximum atomic E-state index is 14.7. The SMILES string of the molecule is CCC(=O)c1cc(OC)cc(CCc2cnc(Nc3cnn(CC)c3)nc2)c1F. The van der Waals surface area contributed by atoms with Crippen LogP contribution in [0.4, 0.5) is 16.0 Å². The molecule has 0 bridgehead atoms. The summed E-state index contributed by atoms with van der Waals surface area (Å²) in [5.41, 5.74) is 2.19. The highest BCUT2D eigenvalue weighted by atomic mass is 19.1. The summed E-state index contributed by atoms with van der Waals surface area (Å²) in [5.74, 6) is 0.215. The van der Waals surface area contributed by atoms with Crippen LogP contribution in [0.5, 0.6) is 5.75 Å². The molecule has 8 heteroatoms. The van der Waals surface area contributed by atoms with Gasteiger partial charge in [0, 0.05) is 31.6 Å². The summed E-state index contributed by atoms with van der Waals surface area (Å²) >= 11 is 0. The maximum Gasteiger partial charge on any atom is 0.227 e. The number of ether oxygens (including phenoxy) is 1. The number of rotatable bonds is 9. The van der Waals surface area contributed by atoms with Gasteiger partial charge >= 0.3 is 0 Å². The third kappa shape index (κ3) is 4.96. The molecule has 2 aromatic heterocycles. The zero-order chi connectivity index (χ0) is 20.8. The Morgan fingerprint density at radius 1 is 1.17 bits per heavy atom. The number of hydrogen-bond acceptors (Lipinski definition) is 6. The molecule has 0 atom stereocenters. The van der Waals surface area contributed by atoms with Crippen molar-refractivity contribution in [3.05, 3.63) is 59.4 Å². The van der Waals surface area contributed by atoms with Gasteiger partial charge in [0.15, 0.2) is 5.78 Å². The summed E-state index contributed by atoms with van der Waals surface area (Å²) in [6.07, 6.45) is 8.18. The Kier molecular flexibility index (Phi) is 6.54. The molecule has 29 heavy (non-hydrogen) atoms. The van der Waals surface area contributed by atoms with Gasteiger partial charge in [-0.1, -0.05) is 6.92 Å². The van der Waals surface area contributed by atoms with Gasteiger partial charge in [0.05, 0.1) is 24.6 Å². The fraction of sp³-hybridized carbons (Fsp3) is 0.333. The first-order chi connectivity index (χ1) is 14.0. The number of nitrogens with zero attached hydrogens (tertiary/aromatic N) is 4. The maximum absolute atomic E-state index is 14.7. The third-order valence-electron chi connectivity index (χ3n) is 4.58. The van der Waals surface area contributed by atoms with E-state index in [1.807, 2.05) is 13.1 Å². The van der Waals surface area contributed by atoms with Crippen molar-refractivity contribution in [1.82, 2.24) is 19.7 Å². The van der Waals surface area contributed by atoms with Gasteiger partial charge in [-0.2, -0.15) is 5.10 Å². The molecule has 1 N–H and O–H groups in total. The highest BCUT2D eigenvalue weighted by Crippen LogP contribution is 2.24. The second-order valence-electron chi connectivity index (χ2n) is 6.55. The molecule has 3 aromatic rings. The number of ketones is 1. The summed E-state index contributed by atoms with van der Waals surface area (Å²) < 4.78 is 21.8. The molecular weight excluding hydrogens is 373 g/mol. The normalized spacial score (nSPS) is 10.8. The number of halogens is 1. The van der Waals surface area contributed by atoms with Gasteiger partial charge in [0.1, 0.15) is 11.6 Å². The van der Waals surface area contributed by atoms with E-state index in [0.717, 1.165) is 17.8 Å². The molecule has 2 heterocycles. The van der Waals surface area contributed by atoms with Crippen LogP contribution in [-0.4, -0.2) is 32.6 Å². The Morgan fingerprint density at radius 2 is 1.93 bits per heavy atom. The van der Waals surface area contributed by atoms with E-state index in [1.165, 1.54) is 13.2 Å². The minimum atomic E-state index is -0.482. The third-order valence-corrected chi connectivity index (χ3v) is 4.58. The minimum Gasteiger partial charge on any atom is -0.497 e. The van der Waals surface area contributed by atoms with Gasteiger partial charge < -0.3 is 10.1 Å². The lowest BCUT2D eigenvalue weighted by Gasteiger charge is -2.11. The van der Waals surface area contributed by atoms with E-state index in [-0.39, 0.29) is 17.8 Å². The summed E-state index contributed by atoms with van der Waals surface area (Å²) in [7, 11) is 1.50. The molecule has 152 valence electrons. The van der Waals surface area contributed by atoms with Gasteiger partial charge in [0.25, 0.3) is 0 Å². The molecule has 0 fully saturated rings. The molecular formula is C21H24FN5O2. The van der Waals surface area contributed by atoms with Crippen LogP contribution in [0.2, 0.25) is 0 Å². The molecule has 0 saturated heterocycles. The molecule has 0 saturated carbocycles. The van der Waals surface area contributed by atoms with Crippen LogP contribution >= 0.6 is 0 Å². The number of nitrogens with one attached hydrogen (secondary N) is 1. The number of anilines is 2. The lowest BCUT2D eigenvalue weighted by molar-refractivity contribution is 0.0983. The molecule has 1 aromatic carbocycles. The van der Waals surface area contributed by atoms with Crippen LogP contribution in [0.1, 0.15) is 41.8 Å². The lowest BCUT2D eigenvalue weighted by Crippen LogP contribution is -2.06. The van der Waals surface area contributed by atoms with Crippen molar-refractivity contribution in [1.29, 1.82) is 0 Å². The number of benzene rings is 1. The Bertz CT molecular complexity index is 985. The first kappa shape index (κ1) is 20.4. The number of Topliss-reactive ketones (excluding diaryl/α,β-unsaturated/α-hetero) is 1. The standard InChI is InChI=1S/C21H24FN5O2/c1-4-19(28)18-9-17(29-3)8-15(20(18)22)7-6-14-10-23-21(24-11-14)26-16-12-25-27(5-2)13-16/h8-13H,4-7H2,1-3H3,(H,23,24,26). The number of carbonyl (C=O) groups is 1. The van der Waals surface area contributed by atoms with E-state index in [4.69, 9.17) is 4.74 Å². The molecule has 0 aliphatic heterocycles. The largest absolute Gasteiger partial charge is 0.497 e. The summed E-state index contributed by atoms with van der Waals surface area (Å²) in [6.45, 7) is 4.50. The number of methoxy groups -OCH3 is 1. The van der Waals surface area contributed by atoms with Crippen molar-refractivity contribution in [2.45, 2.75) is 39.7 Å². The van der Waals surface area contributed by atoms with Crippen molar-refractivity contribution in [2.24, 2.45) is 0 Å². The number of aryl methyl sites for hydroxylation is 3. The Balaban J connectivity index is 1.69. The van der Waals surface area contributed by atoms with Gasteiger partial charge in [-0.3, -0.25) is 9.48 Å². The van der Waals surface area contributed by atoms with Gasteiger partial charge in [-0.25, -0.2) is 14.4 Å². The molecule has 0 aliphatic carbocycles. The van der Waals surface area contributed by atoms with E-state index in [1.54, 1.807) is 36.3 Å². The zero-order valence-corrected chi connectivity index (χ0v) is 16.8. The first-order valence-corrected chi connectivity index (χ1v) is 9.54. The average Bonchev–Trinajstić information content (AvgIpc) is 3.21. The fourth-order valence-electron chi connectivity index (χ4n) is 2.91. The summed E-state index contributed by atoms with van der Waals surface area (Å²) in [6, 6.07) is 3.08. The molecule has 0 unspecified atom stereocenters. The molecule has 3 rings (SSSR count). The van der Waals surface area contributed by atoms with E-state index >= 15 is 0 Å². The topological polar surface area (TPSA) is 81.9 Å². The van der Waals surface area contributed by atoms with E-state index in [9.17, 15) is 9.18 Å². The molecule has 0 amide bonds. The van der Waals surface area contributed by atoms with Crippen LogP contribution in [-0.2, 0) is 19.4 Å². The molecule has 0 spiro atoms. The smallest absolute Gasteiger partial charge is 0.227 e. The monoisotopic (exact) mass is 397 g/mol. The van der Waals surface area contributed by atoms with Crippen LogP contribution in [0.15, 0.2) is 36.9 Å². The van der Waals surface area contributed by atoms with E-state index in [2.05, 4.69) is 20.4 Å². The van der Waals surface area contributed by atoms with Crippen molar-refractivity contribution >= 4 is 17.4 Å². The average molecular weight is 397 g/mol. The first-order valence-electron chi connectivity index (χ1n) is 9.54. The Hall–Kier alpha value is -3.29. The molecule has 0 radical (unpaired) electrons. The lowest BCUT2D eigenvalue weighted by atomic mass is 9.99. The van der Waals surface area contributed by atoms with Crippen molar-refractivity contribution < 1.29 is 13.9 Å². The van der Waals surface area contributed by atoms with E-state index in [0.29, 0.717) is 30.1 Å². The van der Waals surface area contributed by atoms with Crippen LogP contribution in [0, 0.1) is 5.82 Å². The highest BCUT2D eigenvalue weighted by Gasteiger charge is 2.16. The summed E-state index contributed by atoms with van der Waals surface area (Å²) in [4.78, 5) is 20.6. The van der Waals surface area contributed by atoms with Gasteiger partial charge in [-0.05, 0) is 43.0 Å². The van der Waals surface area contributed by atoms with Crippen LogP contribution < -0.4 is 10.1 Å². The second kappa shape index (κ2) is 9.27.